The molecule has 0 atom stereocenters. The van der Waals surface area contributed by atoms with Crippen LogP contribution < -0.4 is 15.5 Å². The zero-order valence-electron chi connectivity index (χ0n) is 18.8. The molecule has 5 heteroatoms. The van der Waals surface area contributed by atoms with Crippen LogP contribution in [0.1, 0.15) is 68.3 Å². The second-order valence-corrected chi connectivity index (χ2v) is 8.58. The number of amides is 2. The Hall–Kier alpha value is -2.82. The van der Waals surface area contributed by atoms with Gasteiger partial charge in [0.05, 0.1) is 5.56 Å². The minimum atomic E-state index is -0.112. The van der Waals surface area contributed by atoms with Crippen molar-refractivity contribution in [1.82, 2.24) is 5.32 Å². The van der Waals surface area contributed by atoms with Gasteiger partial charge in [0, 0.05) is 37.4 Å². The minimum Gasteiger partial charge on any atom is -0.371 e. The fourth-order valence-corrected chi connectivity index (χ4v) is 3.95. The Kier molecular flexibility index (Phi) is 8.51. The Morgan fingerprint density at radius 3 is 2.48 bits per heavy atom. The van der Waals surface area contributed by atoms with E-state index in [1.165, 1.54) is 0 Å². The van der Waals surface area contributed by atoms with Crippen molar-refractivity contribution in [3.05, 3.63) is 59.7 Å². The van der Waals surface area contributed by atoms with E-state index in [-0.39, 0.29) is 11.8 Å². The van der Waals surface area contributed by atoms with Gasteiger partial charge in [0.15, 0.2) is 0 Å². The van der Waals surface area contributed by atoms with Gasteiger partial charge >= 0.3 is 0 Å². The molecule has 0 spiro atoms. The maximum atomic E-state index is 13.1. The Morgan fingerprint density at radius 1 is 1.03 bits per heavy atom. The van der Waals surface area contributed by atoms with Crippen molar-refractivity contribution in [2.45, 2.75) is 58.9 Å². The number of hydrogen-bond acceptors (Lipinski definition) is 3. The summed E-state index contributed by atoms with van der Waals surface area (Å²) in [5, 5.41) is 6.02. The maximum Gasteiger partial charge on any atom is 0.253 e. The standard InChI is InChI=1S/C26H35N3O2/c1-3-4-6-11-25(30)28-22-12-13-24(29-16-14-20(2)15-17-29)23(18-22)26(31)27-19-21-9-7-5-8-10-21/h5,7-10,12-13,18,20H,3-4,6,11,14-17,19H2,1-2H3,(H,27,31)(H,28,30). The lowest BCUT2D eigenvalue weighted by atomic mass is 9.97. The van der Waals surface area contributed by atoms with Crippen molar-refractivity contribution in [1.29, 1.82) is 0 Å². The molecule has 1 saturated heterocycles. The predicted molar refractivity (Wildman–Crippen MR) is 127 cm³/mol. The van der Waals surface area contributed by atoms with Crippen molar-refractivity contribution in [2.24, 2.45) is 5.92 Å². The molecule has 0 bridgehead atoms. The van der Waals surface area contributed by atoms with E-state index in [4.69, 9.17) is 0 Å². The van der Waals surface area contributed by atoms with Crippen molar-refractivity contribution < 1.29 is 9.59 Å². The number of carbonyl (C=O) groups excluding carboxylic acids is 2. The van der Waals surface area contributed by atoms with E-state index in [0.717, 1.165) is 56.4 Å². The smallest absolute Gasteiger partial charge is 0.253 e. The number of piperidine rings is 1. The molecular formula is C26H35N3O2. The summed E-state index contributed by atoms with van der Waals surface area (Å²) in [5.74, 6) is 0.608. The van der Waals surface area contributed by atoms with Gasteiger partial charge in [0.2, 0.25) is 5.91 Å². The summed E-state index contributed by atoms with van der Waals surface area (Å²) < 4.78 is 0. The third-order valence-electron chi connectivity index (χ3n) is 5.95. The summed E-state index contributed by atoms with van der Waals surface area (Å²) in [6, 6.07) is 15.6. The lowest BCUT2D eigenvalue weighted by Crippen LogP contribution is -2.35. The molecule has 5 nitrogen and oxygen atoms in total. The molecule has 1 fully saturated rings. The summed E-state index contributed by atoms with van der Waals surface area (Å²) in [6.45, 7) is 6.77. The third-order valence-corrected chi connectivity index (χ3v) is 5.95. The zero-order chi connectivity index (χ0) is 22.1. The van der Waals surface area contributed by atoms with Gasteiger partial charge < -0.3 is 15.5 Å². The monoisotopic (exact) mass is 421 g/mol. The first-order chi connectivity index (χ1) is 15.1. The van der Waals surface area contributed by atoms with Crippen molar-refractivity contribution in [3.8, 4) is 0 Å². The van der Waals surface area contributed by atoms with Gasteiger partial charge in [-0.3, -0.25) is 9.59 Å². The van der Waals surface area contributed by atoms with E-state index >= 15 is 0 Å². The van der Waals surface area contributed by atoms with Crippen LogP contribution in [0.4, 0.5) is 11.4 Å². The molecule has 2 aromatic rings. The molecule has 2 amide bonds. The summed E-state index contributed by atoms with van der Waals surface area (Å²) in [6.07, 6.45) is 5.78. The maximum absolute atomic E-state index is 13.1. The topological polar surface area (TPSA) is 61.4 Å². The molecule has 0 aromatic heterocycles. The summed E-state index contributed by atoms with van der Waals surface area (Å²) in [5.41, 5.74) is 3.31. The molecule has 0 aliphatic carbocycles. The number of nitrogens with one attached hydrogen (secondary N) is 2. The first kappa shape index (κ1) is 22.9. The van der Waals surface area contributed by atoms with Gasteiger partial charge in [-0.05, 0) is 48.9 Å². The second-order valence-electron chi connectivity index (χ2n) is 8.58. The molecule has 2 aromatic carbocycles. The normalized spacial score (nSPS) is 14.3. The average Bonchev–Trinajstić information content (AvgIpc) is 2.79. The lowest BCUT2D eigenvalue weighted by Gasteiger charge is -2.33. The Bertz CT molecular complexity index is 858. The molecule has 3 rings (SSSR count). The van der Waals surface area contributed by atoms with E-state index in [1.54, 1.807) is 0 Å². The molecule has 1 aliphatic heterocycles. The van der Waals surface area contributed by atoms with E-state index in [2.05, 4.69) is 29.4 Å². The Balaban J connectivity index is 1.76. The SMILES string of the molecule is CCCCCC(=O)Nc1ccc(N2CCC(C)CC2)c(C(=O)NCc2ccccc2)c1. The van der Waals surface area contributed by atoms with Crippen LogP contribution in [-0.4, -0.2) is 24.9 Å². The van der Waals surface area contributed by atoms with E-state index in [1.807, 2.05) is 48.5 Å². The van der Waals surface area contributed by atoms with Crippen LogP contribution in [0.2, 0.25) is 0 Å². The molecule has 166 valence electrons. The second kappa shape index (κ2) is 11.5. The number of anilines is 2. The fraction of sp³-hybridized carbons (Fsp3) is 0.462. The first-order valence-electron chi connectivity index (χ1n) is 11.6. The highest BCUT2D eigenvalue weighted by Crippen LogP contribution is 2.29. The van der Waals surface area contributed by atoms with Crippen molar-refractivity contribution >= 4 is 23.2 Å². The van der Waals surface area contributed by atoms with Gasteiger partial charge in [-0.25, -0.2) is 0 Å². The van der Waals surface area contributed by atoms with Crippen LogP contribution in [0.15, 0.2) is 48.5 Å². The average molecular weight is 422 g/mol. The largest absolute Gasteiger partial charge is 0.371 e. The first-order valence-corrected chi connectivity index (χ1v) is 11.6. The number of hydrogen-bond donors (Lipinski definition) is 2. The number of nitrogens with zero attached hydrogens (tertiary/aromatic N) is 1. The number of carbonyl (C=O) groups is 2. The van der Waals surface area contributed by atoms with Gasteiger partial charge in [0.1, 0.15) is 0 Å². The number of rotatable bonds is 9. The van der Waals surface area contributed by atoms with Gasteiger partial charge in [-0.15, -0.1) is 0 Å². The van der Waals surface area contributed by atoms with Gasteiger partial charge in [0.25, 0.3) is 5.91 Å². The Morgan fingerprint density at radius 2 is 1.77 bits per heavy atom. The quantitative estimate of drug-likeness (QED) is 0.535. The van der Waals surface area contributed by atoms with Crippen LogP contribution in [-0.2, 0) is 11.3 Å². The highest BCUT2D eigenvalue weighted by Gasteiger charge is 2.22. The minimum absolute atomic E-state index is 0.00337. The van der Waals surface area contributed by atoms with Gasteiger partial charge in [-0.1, -0.05) is 57.0 Å². The van der Waals surface area contributed by atoms with Crippen LogP contribution in [0.25, 0.3) is 0 Å². The lowest BCUT2D eigenvalue weighted by molar-refractivity contribution is -0.116. The summed E-state index contributed by atoms with van der Waals surface area (Å²) in [4.78, 5) is 27.7. The Labute approximate surface area is 186 Å². The van der Waals surface area contributed by atoms with Crippen LogP contribution >= 0.6 is 0 Å². The summed E-state index contributed by atoms with van der Waals surface area (Å²) >= 11 is 0. The van der Waals surface area contributed by atoms with Gasteiger partial charge in [-0.2, -0.15) is 0 Å². The third kappa shape index (κ3) is 6.84. The molecule has 1 heterocycles. The molecular weight excluding hydrogens is 386 g/mol. The number of benzene rings is 2. The van der Waals surface area contributed by atoms with Crippen molar-refractivity contribution in [2.75, 3.05) is 23.3 Å². The molecule has 0 saturated carbocycles. The van der Waals surface area contributed by atoms with E-state index in [9.17, 15) is 9.59 Å². The fourth-order valence-electron chi connectivity index (χ4n) is 3.95. The molecule has 31 heavy (non-hydrogen) atoms. The molecule has 2 N–H and O–H groups in total. The highest BCUT2D eigenvalue weighted by molar-refractivity contribution is 6.02. The van der Waals surface area contributed by atoms with E-state index < -0.39 is 0 Å². The molecule has 0 unspecified atom stereocenters. The van der Waals surface area contributed by atoms with Crippen LogP contribution in [0.3, 0.4) is 0 Å². The summed E-state index contributed by atoms with van der Waals surface area (Å²) in [7, 11) is 0. The van der Waals surface area contributed by atoms with E-state index in [0.29, 0.717) is 30.1 Å². The van der Waals surface area contributed by atoms with Crippen LogP contribution in [0, 0.1) is 5.92 Å². The molecule has 1 aliphatic rings. The number of unbranched alkanes of at least 4 members (excludes halogenated alkanes) is 2. The highest BCUT2D eigenvalue weighted by atomic mass is 16.2. The van der Waals surface area contributed by atoms with Crippen molar-refractivity contribution in [3.63, 3.8) is 0 Å². The zero-order valence-corrected chi connectivity index (χ0v) is 18.8. The predicted octanol–water partition coefficient (Wildman–Crippen LogP) is 5.37. The molecule has 0 radical (unpaired) electrons. The van der Waals surface area contributed by atoms with Crippen LogP contribution in [0.5, 0.6) is 0 Å².